The topological polar surface area (TPSA) is 32.3 Å². The van der Waals surface area contributed by atoms with Crippen molar-refractivity contribution in [1.82, 2.24) is 10.2 Å². The largest absolute Gasteiger partial charge is 0.341 e. The van der Waals surface area contributed by atoms with Gasteiger partial charge in [0.15, 0.2) is 0 Å². The highest BCUT2D eigenvalue weighted by molar-refractivity contribution is 5.87. The summed E-state index contributed by atoms with van der Waals surface area (Å²) in [5.41, 5.74) is 0.0536. The summed E-state index contributed by atoms with van der Waals surface area (Å²) < 4.78 is 0. The maximum atomic E-state index is 12.3. The van der Waals surface area contributed by atoms with Crippen molar-refractivity contribution in [3.63, 3.8) is 0 Å². The van der Waals surface area contributed by atoms with Crippen LogP contribution in [0.15, 0.2) is 0 Å². The van der Waals surface area contributed by atoms with Crippen molar-refractivity contribution >= 4 is 5.91 Å². The summed E-state index contributed by atoms with van der Waals surface area (Å²) in [5, 5.41) is 3.26. The van der Waals surface area contributed by atoms with Gasteiger partial charge in [0.1, 0.15) is 0 Å². The third-order valence-corrected chi connectivity index (χ3v) is 4.80. The molecule has 2 aliphatic rings. The van der Waals surface area contributed by atoms with Gasteiger partial charge in [-0.25, -0.2) is 0 Å². The first-order valence-electron chi connectivity index (χ1n) is 6.42. The van der Waals surface area contributed by atoms with E-state index >= 15 is 0 Å². The zero-order valence-corrected chi connectivity index (χ0v) is 11.0. The lowest BCUT2D eigenvalue weighted by Gasteiger charge is -2.41. The van der Waals surface area contributed by atoms with E-state index in [-0.39, 0.29) is 5.54 Å². The van der Waals surface area contributed by atoms with E-state index in [0.717, 1.165) is 32.5 Å². The standard InChI is InChI=1S/C13H24N2O/c1-10(2)12(3)6-8-15(9-12)11(16)13(4)5-7-14-13/h10,14H,5-9H2,1-4H3/t12-,13+/m0/s1. The van der Waals surface area contributed by atoms with E-state index in [9.17, 15) is 4.79 Å². The molecule has 2 heterocycles. The average Bonchev–Trinajstić information content (AvgIpc) is 2.57. The summed E-state index contributed by atoms with van der Waals surface area (Å²) in [5.74, 6) is 0.954. The van der Waals surface area contributed by atoms with Gasteiger partial charge in [0.2, 0.25) is 5.91 Å². The highest BCUT2D eigenvalue weighted by Gasteiger charge is 2.46. The van der Waals surface area contributed by atoms with E-state index in [4.69, 9.17) is 0 Å². The highest BCUT2D eigenvalue weighted by atomic mass is 16.2. The second-order valence-electron chi connectivity index (χ2n) is 6.29. The lowest BCUT2D eigenvalue weighted by molar-refractivity contribution is -0.140. The summed E-state index contributed by atoms with van der Waals surface area (Å²) in [7, 11) is 0. The molecule has 2 aliphatic heterocycles. The minimum absolute atomic E-state index is 0.262. The van der Waals surface area contributed by atoms with Crippen LogP contribution in [0, 0.1) is 11.3 Å². The molecule has 0 spiro atoms. The molecule has 3 nitrogen and oxygen atoms in total. The zero-order chi connectivity index (χ0) is 12.0. The number of nitrogens with one attached hydrogen (secondary N) is 1. The van der Waals surface area contributed by atoms with Gasteiger partial charge in [0.05, 0.1) is 5.54 Å². The van der Waals surface area contributed by atoms with Crippen molar-refractivity contribution < 1.29 is 4.79 Å². The number of amides is 1. The van der Waals surface area contributed by atoms with E-state index in [2.05, 4.69) is 31.0 Å². The van der Waals surface area contributed by atoms with Crippen molar-refractivity contribution in [2.24, 2.45) is 11.3 Å². The minimum Gasteiger partial charge on any atom is -0.341 e. The molecule has 2 rings (SSSR count). The fourth-order valence-electron chi connectivity index (χ4n) is 2.66. The molecule has 92 valence electrons. The van der Waals surface area contributed by atoms with Crippen LogP contribution in [-0.2, 0) is 4.79 Å². The van der Waals surface area contributed by atoms with Crippen LogP contribution in [0.5, 0.6) is 0 Å². The fraction of sp³-hybridized carbons (Fsp3) is 0.923. The van der Waals surface area contributed by atoms with Crippen LogP contribution in [0.3, 0.4) is 0 Å². The number of likely N-dealkylation sites (tertiary alicyclic amines) is 1. The smallest absolute Gasteiger partial charge is 0.242 e. The molecule has 2 atom stereocenters. The molecule has 0 aromatic heterocycles. The second kappa shape index (κ2) is 3.73. The second-order valence-corrected chi connectivity index (χ2v) is 6.29. The number of carbonyl (C=O) groups is 1. The van der Waals surface area contributed by atoms with Crippen molar-refractivity contribution in [3.05, 3.63) is 0 Å². The Bertz CT molecular complexity index is 296. The van der Waals surface area contributed by atoms with Crippen LogP contribution < -0.4 is 5.32 Å². The summed E-state index contributed by atoms with van der Waals surface area (Å²) in [6, 6.07) is 0. The quantitative estimate of drug-likeness (QED) is 0.773. The Balaban J connectivity index is 2.01. The summed E-state index contributed by atoms with van der Waals surface area (Å²) in [6.45, 7) is 11.7. The van der Waals surface area contributed by atoms with E-state index in [1.165, 1.54) is 0 Å². The molecule has 2 fully saturated rings. The van der Waals surface area contributed by atoms with Gasteiger partial charge in [-0.05, 0) is 37.6 Å². The Labute approximate surface area is 98.6 Å². The van der Waals surface area contributed by atoms with Gasteiger partial charge in [-0.1, -0.05) is 20.8 Å². The molecular formula is C13H24N2O. The van der Waals surface area contributed by atoms with Gasteiger partial charge >= 0.3 is 0 Å². The van der Waals surface area contributed by atoms with Gasteiger partial charge in [-0.15, -0.1) is 0 Å². The maximum Gasteiger partial charge on any atom is 0.242 e. The Hall–Kier alpha value is -0.570. The van der Waals surface area contributed by atoms with Crippen LogP contribution in [0.2, 0.25) is 0 Å². The first kappa shape index (κ1) is 11.9. The Morgan fingerprint density at radius 3 is 2.31 bits per heavy atom. The van der Waals surface area contributed by atoms with E-state index in [1.807, 2.05) is 6.92 Å². The first-order chi connectivity index (χ1) is 7.37. The Morgan fingerprint density at radius 2 is 1.94 bits per heavy atom. The van der Waals surface area contributed by atoms with Gasteiger partial charge < -0.3 is 10.2 Å². The van der Waals surface area contributed by atoms with Crippen LogP contribution >= 0.6 is 0 Å². The van der Waals surface area contributed by atoms with E-state index < -0.39 is 0 Å². The van der Waals surface area contributed by atoms with Gasteiger partial charge in [0.25, 0.3) is 0 Å². The molecule has 0 bridgehead atoms. The van der Waals surface area contributed by atoms with Gasteiger partial charge in [-0.2, -0.15) is 0 Å². The van der Waals surface area contributed by atoms with Crippen molar-refractivity contribution in [1.29, 1.82) is 0 Å². The number of carbonyl (C=O) groups excluding carboxylic acids is 1. The molecular weight excluding hydrogens is 200 g/mol. The zero-order valence-electron chi connectivity index (χ0n) is 11.0. The van der Waals surface area contributed by atoms with Crippen molar-refractivity contribution in [2.75, 3.05) is 19.6 Å². The maximum absolute atomic E-state index is 12.3. The number of rotatable bonds is 2. The van der Waals surface area contributed by atoms with Crippen LogP contribution in [-0.4, -0.2) is 36.0 Å². The molecule has 16 heavy (non-hydrogen) atoms. The molecule has 0 unspecified atom stereocenters. The Kier molecular flexibility index (Phi) is 2.77. The monoisotopic (exact) mass is 224 g/mol. The lowest BCUT2D eigenvalue weighted by atomic mass is 9.78. The third-order valence-electron chi connectivity index (χ3n) is 4.80. The SMILES string of the molecule is CC(C)[C@@]1(C)CCN(C(=O)[C@@]2(C)CCN2)C1. The van der Waals surface area contributed by atoms with Crippen molar-refractivity contribution in [2.45, 2.75) is 46.1 Å². The molecule has 1 amide bonds. The Morgan fingerprint density at radius 1 is 1.31 bits per heavy atom. The molecule has 0 radical (unpaired) electrons. The van der Waals surface area contributed by atoms with Gasteiger partial charge in [-0.3, -0.25) is 4.79 Å². The predicted octanol–water partition coefficient (Wildman–Crippen LogP) is 1.63. The third kappa shape index (κ3) is 1.75. The van der Waals surface area contributed by atoms with E-state index in [1.54, 1.807) is 0 Å². The predicted molar refractivity (Wildman–Crippen MR) is 65.2 cm³/mol. The highest BCUT2D eigenvalue weighted by Crippen LogP contribution is 2.38. The molecule has 0 aromatic carbocycles. The molecule has 0 saturated carbocycles. The van der Waals surface area contributed by atoms with Gasteiger partial charge in [0, 0.05) is 13.1 Å². The van der Waals surface area contributed by atoms with E-state index in [0.29, 0.717) is 17.2 Å². The fourth-order valence-corrected chi connectivity index (χ4v) is 2.66. The summed E-state index contributed by atoms with van der Waals surface area (Å²) >= 11 is 0. The molecule has 1 N–H and O–H groups in total. The number of hydrogen-bond donors (Lipinski definition) is 1. The molecule has 3 heteroatoms. The minimum atomic E-state index is -0.262. The molecule has 0 aromatic rings. The molecule has 2 saturated heterocycles. The van der Waals surface area contributed by atoms with Crippen LogP contribution in [0.4, 0.5) is 0 Å². The summed E-state index contributed by atoms with van der Waals surface area (Å²) in [4.78, 5) is 14.4. The normalized spacial score (nSPS) is 38.9. The number of nitrogens with zero attached hydrogens (tertiary/aromatic N) is 1. The van der Waals surface area contributed by atoms with Crippen LogP contribution in [0.25, 0.3) is 0 Å². The number of hydrogen-bond acceptors (Lipinski definition) is 2. The lowest BCUT2D eigenvalue weighted by Crippen LogP contribution is -2.64. The first-order valence-corrected chi connectivity index (χ1v) is 6.42. The van der Waals surface area contributed by atoms with Crippen molar-refractivity contribution in [3.8, 4) is 0 Å². The summed E-state index contributed by atoms with van der Waals surface area (Å²) in [6.07, 6.45) is 2.13. The molecule has 0 aliphatic carbocycles. The van der Waals surface area contributed by atoms with Crippen LogP contribution in [0.1, 0.15) is 40.5 Å². The average molecular weight is 224 g/mol.